The van der Waals surface area contributed by atoms with E-state index in [1.54, 1.807) is 0 Å². The topological polar surface area (TPSA) is 122 Å². The Kier molecular flexibility index (Phi) is 11.5. The van der Waals surface area contributed by atoms with Gasteiger partial charge in [-0.3, -0.25) is 9.80 Å². The maximum absolute atomic E-state index is 8.61. The summed E-state index contributed by atoms with van der Waals surface area (Å²) in [6.45, 7) is -0.146. The molecule has 0 bridgehead atoms. The summed E-state index contributed by atoms with van der Waals surface area (Å²) in [4.78, 5) is 2.72. The van der Waals surface area contributed by atoms with Crippen LogP contribution < -0.4 is 6.15 Å². The Labute approximate surface area is 77.4 Å². The van der Waals surface area contributed by atoms with E-state index in [0.717, 1.165) is 0 Å². The molecule has 0 unspecified atom stereocenters. The summed E-state index contributed by atoms with van der Waals surface area (Å²) >= 11 is 0. The fourth-order valence-corrected chi connectivity index (χ4v) is 0.655. The molecule has 0 aromatic carbocycles. The van der Waals surface area contributed by atoms with Gasteiger partial charge in [0.1, 0.15) is 0 Å². The lowest BCUT2D eigenvalue weighted by molar-refractivity contribution is -0.00837. The van der Waals surface area contributed by atoms with E-state index < -0.39 is 0 Å². The summed E-state index contributed by atoms with van der Waals surface area (Å²) in [5.74, 6) is 0. The summed E-state index contributed by atoms with van der Waals surface area (Å²) in [6.07, 6.45) is 0. The number of hydrogen-bond acceptors (Lipinski definition) is 7. The highest BCUT2D eigenvalue weighted by atomic mass is 16.3. The van der Waals surface area contributed by atoms with Crippen LogP contribution in [0.1, 0.15) is 0 Å². The molecular weight excluding hydrogens is 178 g/mol. The molecule has 7 nitrogen and oxygen atoms in total. The first-order valence-electron chi connectivity index (χ1n) is 3.66. The predicted octanol–water partition coefficient (Wildman–Crippen LogP) is -2.45. The van der Waals surface area contributed by atoms with Crippen molar-refractivity contribution in [3.8, 4) is 0 Å². The van der Waals surface area contributed by atoms with Crippen molar-refractivity contribution in [1.82, 2.24) is 16.0 Å². The van der Waals surface area contributed by atoms with Gasteiger partial charge in [0.15, 0.2) is 0 Å². The molecule has 7 heteroatoms. The van der Waals surface area contributed by atoms with E-state index in [1.807, 2.05) is 0 Å². The zero-order valence-electron chi connectivity index (χ0n) is 7.63. The van der Waals surface area contributed by atoms with Crippen LogP contribution in [0.15, 0.2) is 0 Å². The van der Waals surface area contributed by atoms with E-state index in [0.29, 0.717) is 13.1 Å². The van der Waals surface area contributed by atoms with Crippen LogP contribution >= 0.6 is 0 Å². The molecule has 0 aliphatic heterocycles. The quantitative estimate of drug-likeness (QED) is 0.287. The molecule has 0 radical (unpaired) electrons. The van der Waals surface area contributed by atoms with Crippen LogP contribution in [-0.2, 0) is 0 Å². The fourth-order valence-electron chi connectivity index (χ4n) is 0.655. The van der Waals surface area contributed by atoms with Gasteiger partial charge in [0.2, 0.25) is 0 Å². The summed E-state index contributed by atoms with van der Waals surface area (Å²) in [5, 5.41) is 34.4. The minimum atomic E-state index is -0.235. The van der Waals surface area contributed by atoms with Gasteiger partial charge in [-0.15, -0.1) is 0 Å². The fraction of sp³-hybridized carbons (Fsp3) is 1.00. The van der Waals surface area contributed by atoms with Gasteiger partial charge >= 0.3 is 0 Å². The molecule has 0 rings (SSSR count). The highest BCUT2D eigenvalue weighted by Crippen LogP contribution is 1.87. The van der Waals surface area contributed by atoms with Crippen molar-refractivity contribution in [2.45, 2.75) is 0 Å². The lowest BCUT2D eigenvalue weighted by atomic mass is 10.5. The first-order chi connectivity index (χ1) is 5.78. The molecule has 7 N–H and O–H groups in total. The molecule has 0 aromatic rings. The third-order valence-electron chi connectivity index (χ3n) is 1.53. The number of rotatable bonds is 7. The third-order valence-corrected chi connectivity index (χ3v) is 1.53. The van der Waals surface area contributed by atoms with Gasteiger partial charge in [-0.25, -0.2) is 0 Å². The lowest BCUT2D eigenvalue weighted by Gasteiger charge is -2.21. The highest BCUT2D eigenvalue weighted by Gasteiger charge is 2.04. The predicted molar refractivity (Wildman–Crippen MR) is 46.8 cm³/mol. The Morgan fingerprint density at radius 1 is 0.615 bits per heavy atom. The molecule has 0 aliphatic carbocycles. The van der Waals surface area contributed by atoms with E-state index in [2.05, 4.69) is 0 Å². The molecule has 0 atom stereocenters. The Morgan fingerprint density at radius 2 is 0.846 bits per heavy atom. The number of hydrogen-bond donors (Lipinski definition) is 5. The van der Waals surface area contributed by atoms with E-state index in [1.165, 1.54) is 9.80 Å². The monoisotopic (exact) mass is 197 g/mol. The van der Waals surface area contributed by atoms with Crippen LogP contribution in [0.2, 0.25) is 0 Å². The van der Waals surface area contributed by atoms with E-state index in [9.17, 15) is 0 Å². The minimum absolute atomic E-state index is 0. The van der Waals surface area contributed by atoms with Crippen LogP contribution in [0, 0.1) is 0 Å². The minimum Gasteiger partial charge on any atom is -0.381 e. The summed E-state index contributed by atoms with van der Waals surface area (Å²) in [6, 6.07) is 0. The maximum atomic E-state index is 8.61. The molecule has 13 heavy (non-hydrogen) atoms. The van der Waals surface area contributed by atoms with Crippen LogP contribution in [0.5, 0.6) is 0 Å². The standard InChI is InChI=1S/C6H16N2O4.H3N/c9-3-7(4-10)1-2-8(5-11)6-12;/h9-12H,1-6H2;1H3. The third kappa shape index (κ3) is 6.84. The van der Waals surface area contributed by atoms with Crippen molar-refractivity contribution >= 4 is 0 Å². The SMILES string of the molecule is N.OCN(CO)CCN(CO)CO. The van der Waals surface area contributed by atoms with Gasteiger partial charge in [0, 0.05) is 13.1 Å². The van der Waals surface area contributed by atoms with Crippen molar-refractivity contribution in [3.63, 3.8) is 0 Å². The highest BCUT2D eigenvalue weighted by molar-refractivity contribution is 4.51. The average molecular weight is 197 g/mol. The van der Waals surface area contributed by atoms with Crippen molar-refractivity contribution in [1.29, 1.82) is 0 Å². The zero-order chi connectivity index (χ0) is 9.40. The smallest absolute Gasteiger partial charge is 0.0974 e. The van der Waals surface area contributed by atoms with Gasteiger partial charge < -0.3 is 26.6 Å². The molecule has 82 valence electrons. The van der Waals surface area contributed by atoms with Crippen LogP contribution in [0.4, 0.5) is 0 Å². The van der Waals surface area contributed by atoms with Crippen molar-refractivity contribution in [3.05, 3.63) is 0 Å². The largest absolute Gasteiger partial charge is 0.381 e. The van der Waals surface area contributed by atoms with E-state index in [4.69, 9.17) is 20.4 Å². The zero-order valence-corrected chi connectivity index (χ0v) is 7.63. The second-order valence-corrected chi connectivity index (χ2v) is 2.35. The normalized spacial score (nSPS) is 10.6. The molecule has 0 spiro atoms. The second-order valence-electron chi connectivity index (χ2n) is 2.35. The van der Waals surface area contributed by atoms with E-state index >= 15 is 0 Å². The second kappa shape index (κ2) is 9.81. The number of aliphatic hydroxyl groups excluding tert-OH is 4. The Morgan fingerprint density at radius 3 is 1.00 bits per heavy atom. The Balaban J connectivity index is 0. The average Bonchev–Trinajstić information content (AvgIpc) is 2.13. The molecule has 0 saturated carbocycles. The maximum Gasteiger partial charge on any atom is 0.0974 e. The lowest BCUT2D eigenvalue weighted by Crippen LogP contribution is -2.37. The molecular formula is C6H19N3O4. The van der Waals surface area contributed by atoms with E-state index in [-0.39, 0.29) is 33.1 Å². The van der Waals surface area contributed by atoms with Gasteiger partial charge in [-0.05, 0) is 0 Å². The number of nitrogens with zero attached hydrogens (tertiary/aromatic N) is 2. The Hall–Kier alpha value is -0.280. The molecule has 0 fully saturated rings. The summed E-state index contributed by atoms with van der Waals surface area (Å²) < 4.78 is 0. The van der Waals surface area contributed by atoms with Gasteiger partial charge in [-0.1, -0.05) is 0 Å². The molecule has 0 heterocycles. The molecule has 0 aliphatic rings. The van der Waals surface area contributed by atoms with Crippen molar-refractivity contribution < 1.29 is 20.4 Å². The summed E-state index contributed by atoms with van der Waals surface area (Å²) in [7, 11) is 0. The van der Waals surface area contributed by atoms with Crippen LogP contribution in [0.3, 0.4) is 0 Å². The molecule has 0 amide bonds. The first kappa shape index (κ1) is 15.2. The first-order valence-corrected chi connectivity index (χ1v) is 3.66. The van der Waals surface area contributed by atoms with Crippen molar-refractivity contribution in [2.75, 3.05) is 40.0 Å². The summed E-state index contributed by atoms with van der Waals surface area (Å²) in [5.41, 5.74) is 0. The molecule has 0 aromatic heterocycles. The number of aliphatic hydroxyl groups is 4. The van der Waals surface area contributed by atoms with Crippen LogP contribution in [0.25, 0.3) is 0 Å². The van der Waals surface area contributed by atoms with Crippen molar-refractivity contribution in [2.24, 2.45) is 0 Å². The molecule has 0 saturated heterocycles. The van der Waals surface area contributed by atoms with Gasteiger partial charge in [-0.2, -0.15) is 0 Å². The van der Waals surface area contributed by atoms with Gasteiger partial charge in [0.05, 0.1) is 26.9 Å². The Bertz CT molecular complexity index is 85.9. The van der Waals surface area contributed by atoms with Gasteiger partial charge in [0.25, 0.3) is 0 Å². The van der Waals surface area contributed by atoms with Crippen LogP contribution in [-0.4, -0.2) is 70.2 Å².